The fourth-order valence-electron chi connectivity index (χ4n) is 7.69. The van der Waals surface area contributed by atoms with Gasteiger partial charge in [-0.05, 0) is 40.5 Å². The van der Waals surface area contributed by atoms with Gasteiger partial charge in [0.15, 0.2) is 12.6 Å². The number of carbonyl (C=O) groups is 2. The van der Waals surface area contributed by atoms with Crippen molar-refractivity contribution in [3.63, 3.8) is 0 Å². The predicted molar refractivity (Wildman–Crippen MR) is 170 cm³/mol. The molecule has 7 N–H and O–H groups in total. The highest BCUT2D eigenvalue weighted by Gasteiger charge is 2.51. The summed E-state index contributed by atoms with van der Waals surface area (Å²) in [6, 6.07) is 0. The molecule has 0 saturated carbocycles. The van der Waals surface area contributed by atoms with E-state index in [1.165, 1.54) is 13.8 Å². The van der Waals surface area contributed by atoms with E-state index in [2.05, 4.69) is 0 Å². The second-order valence-electron chi connectivity index (χ2n) is 15.0. The van der Waals surface area contributed by atoms with Gasteiger partial charge in [-0.3, -0.25) is 9.59 Å². The number of aliphatic hydroxyl groups excluding tert-OH is 5. The highest BCUT2D eigenvalue weighted by molar-refractivity contribution is 5.83. The van der Waals surface area contributed by atoms with Crippen molar-refractivity contribution in [2.75, 3.05) is 6.61 Å². The molecular formula is C34H60O14. The van der Waals surface area contributed by atoms with Crippen LogP contribution in [0.4, 0.5) is 0 Å². The molecule has 0 bridgehead atoms. The van der Waals surface area contributed by atoms with Gasteiger partial charge in [-0.2, -0.15) is 0 Å². The Morgan fingerprint density at radius 2 is 1.42 bits per heavy atom. The molecule has 0 aromatic rings. The largest absolute Gasteiger partial charge is 0.462 e. The van der Waals surface area contributed by atoms with Crippen LogP contribution < -0.4 is 0 Å². The van der Waals surface area contributed by atoms with E-state index in [0.717, 1.165) is 0 Å². The molecule has 4 unspecified atom stereocenters. The molecule has 0 aliphatic carbocycles. The Morgan fingerprint density at radius 1 is 0.792 bits per heavy atom. The summed E-state index contributed by atoms with van der Waals surface area (Å²) in [4.78, 5) is 27.5. The number of carbonyl (C=O) groups excluding carboxylic acids is 2. The summed E-state index contributed by atoms with van der Waals surface area (Å²) < 4.78 is 30.4. The van der Waals surface area contributed by atoms with Crippen LogP contribution in [0.25, 0.3) is 0 Å². The van der Waals surface area contributed by atoms with Crippen molar-refractivity contribution in [2.45, 2.75) is 167 Å². The van der Waals surface area contributed by atoms with Crippen LogP contribution in [0, 0.1) is 29.6 Å². The lowest BCUT2D eigenvalue weighted by atomic mass is 9.74. The molecule has 14 heteroatoms. The van der Waals surface area contributed by atoms with Gasteiger partial charge in [-0.15, -0.1) is 0 Å². The van der Waals surface area contributed by atoms with E-state index in [9.17, 15) is 45.3 Å². The van der Waals surface area contributed by atoms with Crippen LogP contribution in [0.1, 0.15) is 88.0 Å². The molecule has 48 heavy (non-hydrogen) atoms. The highest BCUT2D eigenvalue weighted by Crippen LogP contribution is 2.39. The number of aliphatic hydroxyl groups is 7. The van der Waals surface area contributed by atoms with E-state index >= 15 is 0 Å². The average Bonchev–Trinajstić information content (AvgIpc) is 3.02. The van der Waals surface area contributed by atoms with Crippen LogP contribution >= 0.6 is 0 Å². The molecule has 0 amide bonds. The van der Waals surface area contributed by atoms with E-state index < -0.39 is 121 Å². The van der Waals surface area contributed by atoms with Crippen LogP contribution in [-0.2, 0) is 33.3 Å². The monoisotopic (exact) mass is 692 g/mol. The predicted octanol–water partition coefficient (Wildman–Crippen LogP) is 0.420. The van der Waals surface area contributed by atoms with E-state index in [1.807, 2.05) is 6.92 Å². The molecule has 3 heterocycles. The summed E-state index contributed by atoms with van der Waals surface area (Å²) in [5.41, 5.74) is -3.40. The number of ketones is 1. The van der Waals surface area contributed by atoms with E-state index in [0.29, 0.717) is 6.42 Å². The molecule has 0 aromatic carbocycles. The smallest absolute Gasteiger partial charge is 0.311 e. The van der Waals surface area contributed by atoms with E-state index in [4.69, 9.17) is 23.7 Å². The molecule has 3 fully saturated rings. The zero-order valence-electron chi connectivity index (χ0n) is 29.8. The minimum absolute atomic E-state index is 0.131. The normalized spacial score (nSPS) is 50.4. The zero-order valence-corrected chi connectivity index (χ0v) is 29.8. The maximum atomic E-state index is 13.9. The summed E-state index contributed by atoms with van der Waals surface area (Å²) in [6.45, 7) is 13.9. The number of hydrogen-bond donors (Lipinski definition) is 7. The third-order valence-electron chi connectivity index (χ3n) is 10.8. The first kappa shape index (κ1) is 41.1. The summed E-state index contributed by atoms with van der Waals surface area (Å²) in [7, 11) is 0. The average molecular weight is 693 g/mol. The van der Waals surface area contributed by atoms with Crippen molar-refractivity contribution in [1.29, 1.82) is 0 Å². The summed E-state index contributed by atoms with van der Waals surface area (Å²) in [5.74, 6) is -5.10. The van der Waals surface area contributed by atoms with Gasteiger partial charge in [0.25, 0.3) is 0 Å². The number of Topliss-reactive ketones (excluding diaryl/α,β-unsaturated/α-hetero) is 1. The molecule has 18 atom stereocenters. The van der Waals surface area contributed by atoms with Crippen LogP contribution in [0.5, 0.6) is 0 Å². The maximum absolute atomic E-state index is 13.9. The van der Waals surface area contributed by atoms with E-state index in [1.54, 1.807) is 41.5 Å². The molecule has 280 valence electrons. The Morgan fingerprint density at radius 3 is 1.98 bits per heavy atom. The molecule has 3 saturated heterocycles. The van der Waals surface area contributed by atoms with Gasteiger partial charge in [0.05, 0.1) is 54.2 Å². The second kappa shape index (κ2) is 16.4. The third kappa shape index (κ3) is 9.13. The number of hydrogen-bond acceptors (Lipinski definition) is 14. The molecule has 14 nitrogen and oxygen atoms in total. The lowest BCUT2D eigenvalue weighted by Crippen LogP contribution is -2.59. The van der Waals surface area contributed by atoms with Crippen LogP contribution in [-0.4, -0.2) is 133 Å². The van der Waals surface area contributed by atoms with Crippen molar-refractivity contribution in [1.82, 2.24) is 0 Å². The fourth-order valence-corrected chi connectivity index (χ4v) is 7.69. The van der Waals surface area contributed by atoms with Gasteiger partial charge < -0.3 is 59.4 Å². The standard InChI is InChI=1S/C34H60O14/c1-10-22-16(3)27(38)17(4)26(37)15(2)12-34(9,43)31(48-24-11-21(36)28(39)23(14-35)45-24)18(5)29(19(6)32(41)46-22)47-25-13-33(8,42)30(40)20(7)44-25/h15-25,27-31,35-36,38-40,42-43H,10-14H2,1-9H3/t15-,16+,17+,18+,19-,20?,21?,22-,23?,24+,25+,27+,28-,29+,30+,31-,33?,34-/m1/s1. The van der Waals surface area contributed by atoms with Gasteiger partial charge in [0, 0.05) is 36.5 Å². The Balaban J connectivity index is 2.12. The first-order valence-corrected chi connectivity index (χ1v) is 17.3. The van der Waals surface area contributed by atoms with Crippen molar-refractivity contribution in [2.24, 2.45) is 29.6 Å². The quantitative estimate of drug-likeness (QED) is 0.188. The second-order valence-corrected chi connectivity index (χ2v) is 15.0. The fraction of sp³-hybridized carbons (Fsp3) is 0.941. The van der Waals surface area contributed by atoms with Crippen molar-refractivity contribution < 1.29 is 69.0 Å². The third-order valence-corrected chi connectivity index (χ3v) is 10.8. The minimum Gasteiger partial charge on any atom is -0.462 e. The van der Waals surface area contributed by atoms with Gasteiger partial charge in [0.2, 0.25) is 0 Å². The Bertz CT molecular complexity index is 1070. The first-order chi connectivity index (χ1) is 22.2. The lowest BCUT2D eigenvalue weighted by Gasteiger charge is -2.47. The van der Waals surface area contributed by atoms with Gasteiger partial charge in [-0.1, -0.05) is 34.6 Å². The number of esters is 1. The SMILES string of the molecule is CC[C@H]1OC(=O)[C@H](C)[C@@H](O[C@H]2CC(C)(O)[C@@H](O)C(C)O2)[C@H](C)[C@@H](O[C@H]2CC(O)[C@@H](O)C(CO)O2)[C@](C)(O)C[C@@H](C)C(=O)[C@H](C)[C@@H](O)[C@H]1C. The van der Waals surface area contributed by atoms with Crippen molar-refractivity contribution in [3.8, 4) is 0 Å². The molecule has 0 radical (unpaired) electrons. The van der Waals surface area contributed by atoms with Crippen molar-refractivity contribution in [3.05, 3.63) is 0 Å². The summed E-state index contributed by atoms with van der Waals surface area (Å²) in [5, 5.41) is 75.4. The number of rotatable bonds is 6. The topological polar surface area (TPSA) is 222 Å². The van der Waals surface area contributed by atoms with Crippen LogP contribution in [0.3, 0.4) is 0 Å². The first-order valence-electron chi connectivity index (χ1n) is 17.3. The lowest BCUT2D eigenvalue weighted by molar-refractivity contribution is -0.314. The molecule has 3 rings (SSSR count). The number of ether oxygens (including phenoxy) is 5. The molecule has 0 aromatic heterocycles. The van der Waals surface area contributed by atoms with Crippen LogP contribution in [0.15, 0.2) is 0 Å². The van der Waals surface area contributed by atoms with Gasteiger partial charge in [-0.25, -0.2) is 0 Å². The number of cyclic esters (lactones) is 1. The van der Waals surface area contributed by atoms with Crippen molar-refractivity contribution >= 4 is 11.8 Å². The molecule has 3 aliphatic heterocycles. The van der Waals surface area contributed by atoms with Crippen LogP contribution in [0.2, 0.25) is 0 Å². The van der Waals surface area contributed by atoms with E-state index in [-0.39, 0.29) is 25.0 Å². The Kier molecular flexibility index (Phi) is 14.0. The summed E-state index contributed by atoms with van der Waals surface area (Å²) >= 11 is 0. The molecule has 3 aliphatic rings. The highest BCUT2D eigenvalue weighted by atomic mass is 16.7. The molecule has 0 spiro atoms. The minimum atomic E-state index is -1.81. The molecular weight excluding hydrogens is 632 g/mol. The zero-order chi connectivity index (χ0) is 36.5. The summed E-state index contributed by atoms with van der Waals surface area (Å²) in [6.07, 6.45) is -12.6. The Labute approximate surface area is 283 Å². The maximum Gasteiger partial charge on any atom is 0.311 e. The Hall–Kier alpha value is -1.30. The van der Waals surface area contributed by atoms with Gasteiger partial charge >= 0.3 is 5.97 Å². The van der Waals surface area contributed by atoms with Gasteiger partial charge in [0.1, 0.15) is 30.2 Å².